The molecule has 12 heteroatoms. The molecule has 1 amide bonds. The van der Waals surface area contributed by atoms with E-state index < -0.39 is 41.1 Å². The number of rotatable bonds is 5. The molecule has 0 bridgehead atoms. The van der Waals surface area contributed by atoms with E-state index in [1.165, 1.54) is 6.20 Å². The van der Waals surface area contributed by atoms with Crippen LogP contribution in [0.15, 0.2) is 42.6 Å². The highest BCUT2D eigenvalue weighted by atomic mass is 19.4. The van der Waals surface area contributed by atoms with Crippen molar-refractivity contribution in [2.75, 3.05) is 38.7 Å². The number of likely N-dealkylation sites (N-methyl/N-ethyl adjacent to an activating group) is 1. The predicted octanol–water partition coefficient (Wildman–Crippen LogP) is 3.55. The van der Waals surface area contributed by atoms with Gasteiger partial charge in [-0.3, -0.25) is 25.5 Å². The third-order valence-corrected chi connectivity index (χ3v) is 5.04. The van der Waals surface area contributed by atoms with Crippen molar-refractivity contribution >= 4 is 11.6 Å². The molecule has 2 heterocycles. The summed E-state index contributed by atoms with van der Waals surface area (Å²) >= 11 is 0. The first-order valence-electron chi connectivity index (χ1n) is 9.64. The van der Waals surface area contributed by atoms with Gasteiger partial charge in [0.2, 0.25) is 0 Å². The van der Waals surface area contributed by atoms with E-state index in [1.807, 2.05) is 11.9 Å². The molecule has 174 valence electrons. The minimum absolute atomic E-state index is 0.0218. The first kappa shape index (κ1) is 23.8. The summed E-state index contributed by atoms with van der Waals surface area (Å²) in [6.45, 7) is 2.44. The molecular weight excluding hydrogens is 440 g/mol. The summed E-state index contributed by atoms with van der Waals surface area (Å²) in [5.41, 5.74) is 1.35. The lowest BCUT2D eigenvalue weighted by Crippen LogP contribution is -2.50. The third-order valence-electron chi connectivity index (χ3n) is 5.04. The zero-order chi connectivity index (χ0) is 23.5. The zero-order valence-corrected chi connectivity index (χ0v) is 17.0. The largest absolute Gasteiger partial charge is 0.416 e. The van der Waals surface area contributed by atoms with Gasteiger partial charge in [-0.2, -0.15) is 26.3 Å². The van der Waals surface area contributed by atoms with E-state index in [2.05, 4.69) is 20.7 Å². The number of nitrogens with zero attached hydrogens (tertiary/aromatic N) is 3. The van der Waals surface area contributed by atoms with Crippen LogP contribution in [0.4, 0.5) is 32.0 Å². The van der Waals surface area contributed by atoms with Crippen molar-refractivity contribution in [1.29, 1.82) is 0 Å². The van der Waals surface area contributed by atoms with E-state index in [-0.39, 0.29) is 6.07 Å². The summed E-state index contributed by atoms with van der Waals surface area (Å²) in [5.74, 6) is -0.653. The van der Waals surface area contributed by atoms with Crippen LogP contribution in [0, 0.1) is 0 Å². The average Bonchev–Trinajstić information content (AvgIpc) is 2.73. The maximum absolute atomic E-state index is 13.1. The molecule has 6 nitrogen and oxygen atoms in total. The second-order valence-electron chi connectivity index (χ2n) is 7.41. The highest BCUT2D eigenvalue weighted by Gasteiger charge is 2.37. The molecule has 0 radical (unpaired) electrons. The fourth-order valence-corrected chi connectivity index (χ4v) is 3.33. The Hall–Kier alpha value is -2.86. The second kappa shape index (κ2) is 9.33. The van der Waals surface area contributed by atoms with Crippen LogP contribution < -0.4 is 10.9 Å². The third kappa shape index (κ3) is 5.88. The van der Waals surface area contributed by atoms with Crippen LogP contribution in [0.3, 0.4) is 0 Å². The van der Waals surface area contributed by atoms with Crippen molar-refractivity contribution in [3.05, 3.63) is 59.4 Å². The highest BCUT2D eigenvalue weighted by Crippen LogP contribution is 2.37. The van der Waals surface area contributed by atoms with Gasteiger partial charge < -0.3 is 4.90 Å². The number of halogens is 6. The quantitative estimate of drug-likeness (QED) is 0.527. The van der Waals surface area contributed by atoms with E-state index in [4.69, 9.17) is 0 Å². The molecule has 1 aromatic heterocycles. The Morgan fingerprint density at radius 1 is 0.969 bits per heavy atom. The molecule has 2 aromatic rings. The topological polar surface area (TPSA) is 60.5 Å². The number of pyridine rings is 1. The average molecular weight is 461 g/mol. The van der Waals surface area contributed by atoms with Crippen molar-refractivity contribution in [3.63, 3.8) is 0 Å². The molecule has 3 rings (SSSR count). The summed E-state index contributed by atoms with van der Waals surface area (Å²) in [6, 6.07) is 5.15. The van der Waals surface area contributed by atoms with Crippen LogP contribution in [0.5, 0.6) is 0 Å². The van der Waals surface area contributed by atoms with E-state index in [1.54, 1.807) is 18.2 Å². The summed E-state index contributed by atoms with van der Waals surface area (Å²) in [5, 5.41) is 0. The number of carbonyl (C=O) groups is 1. The number of nitrogens with one attached hydrogen (secondary N) is 2. The number of alkyl halides is 6. The van der Waals surface area contributed by atoms with Crippen LogP contribution in [0.25, 0.3) is 0 Å². The summed E-state index contributed by atoms with van der Waals surface area (Å²) in [6.07, 6.45) is -8.47. The molecule has 32 heavy (non-hydrogen) atoms. The molecule has 2 N–H and O–H groups in total. The highest BCUT2D eigenvalue weighted by molar-refractivity contribution is 5.84. The lowest BCUT2D eigenvalue weighted by Gasteiger charge is -2.36. The SMILES string of the molecule is CN1CCN(C(C(=O)NNc2cc(C(F)(F)F)cc(C(F)(F)F)c2)c2ccccn2)CC1. The Morgan fingerprint density at radius 2 is 1.56 bits per heavy atom. The van der Waals surface area contributed by atoms with Crippen LogP contribution >= 0.6 is 0 Å². The smallest absolute Gasteiger partial charge is 0.304 e. The van der Waals surface area contributed by atoms with Crippen molar-refractivity contribution in [3.8, 4) is 0 Å². The van der Waals surface area contributed by atoms with Gasteiger partial charge in [0, 0.05) is 32.4 Å². The molecule has 0 saturated carbocycles. The van der Waals surface area contributed by atoms with Gasteiger partial charge in [0.25, 0.3) is 5.91 Å². The van der Waals surface area contributed by atoms with Crippen molar-refractivity contribution in [2.24, 2.45) is 0 Å². The molecule has 1 saturated heterocycles. The fraction of sp³-hybridized carbons (Fsp3) is 0.400. The van der Waals surface area contributed by atoms with E-state index >= 15 is 0 Å². The molecule has 1 aliphatic heterocycles. The number of hydrazine groups is 1. The second-order valence-corrected chi connectivity index (χ2v) is 7.41. The minimum Gasteiger partial charge on any atom is -0.304 e. The van der Waals surface area contributed by atoms with Gasteiger partial charge >= 0.3 is 12.4 Å². The molecule has 1 atom stereocenters. The summed E-state index contributed by atoms with van der Waals surface area (Å²) in [4.78, 5) is 21.1. The lowest BCUT2D eigenvalue weighted by molar-refractivity contribution is -0.143. The van der Waals surface area contributed by atoms with Crippen LogP contribution in [-0.2, 0) is 17.1 Å². The molecule has 1 aliphatic rings. The maximum atomic E-state index is 13.1. The molecular formula is C20H21F6N5O. The number of piperazine rings is 1. The number of amides is 1. The van der Waals surface area contributed by atoms with Crippen LogP contribution in [-0.4, -0.2) is 53.9 Å². The first-order valence-corrected chi connectivity index (χ1v) is 9.64. The number of anilines is 1. The maximum Gasteiger partial charge on any atom is 0.416 e. The van der Waals surface area contributed by atoms with Gasteiger partial charge in [0.05, 0.1) is 22.5 Å². The molecule has 0 aliphatic carbocycles. The van der Waals surface area contributed by atoms with E-state index in [0.29, 0.717) is 44.0 Å². The van der Waals surface area contributed by atoms with Gasteiger partial charge in [-0.1, -0.05) is 6.07 Å². The van der Waals surface area contributed by atoms with Crippen molar-refractivity contribution in [1.82, 2.24) is 20.2 Å². The van der Waals surface area contributed by atoms with Gasteiger partial charge in [0.15, 0.2) is 0 Å². The zero-order valence-electron chi connectivity index (χ0n) is 17.0. The summed E-state index contributed by atoms with van der Waals surface area (Å²) < 4.78 is 78.3. The molecule has 0 spiro atoms. The van der Waals surface area contributed by atoms with Gasteiger partial charge in [-0.25, -0.2) is 0 Å². The van der Waals surface area contributed by atoms with Crippen molar-refractivity contribution < 1.29 is 31.1 Å². The molecule has 1 unspecified atom stereocenters. The monoisotopic (exact) mass is 461 g/mol. The Balaban J connectivity index is 1.83. The van der Waals surface area contributed by atoms with Gasteiger partial charge in [0.1, 0.15) is 6.04 Å². The number of benzene rings is 1. The number of hydrogen-bond acceptors (Lipinski definition) is 5. The van der Waals surface area contributed by atoms with Crippen LogP contribution in [0.1, 0.15) is 22.9 Å². The predicted molar refractivity (Wildman–Crippen MR) is 104 cm³/mol. The Bertz CT molecular complexity index is 894. The van der Waals surface area contributed by atoms with Crippen molar-refractivity contribution in [2.45, 2.75) is 18.4 Å². The molecule has 1 aromatic carbocycles. The molecule has 1 fully saturated rings. The first-order chi connectivity index (χ1) is 14.9. The minimum atomic E-state index is -4.99. The van der Waals surface area contributed by atoms with E-state index in [9.17, 15) is 31.1 Å². The van der Waals surface area contributed by atoms with Crippen LogP contribution in [0.2, 0.25) is 0 Å². The lowest BCUT2D eigenvalue weighted by atomic mass is 10.1. The number of carbonyl (C=O) groups excluding carboxylic acids is 1. The normalized spacial score (nSPS) is 17.1. The van der Waals surface area contributed by atoms with E-state index in [0.717, 1.165) is 0 Å². The Kier molecular flexibility index (Phi) is 6.94. The number of aromatic nitrogens is 1. The Labute approximate surface area is 180 Å². The Morgan fingerprint density at radius 3 is 2.06 bits per heavy atom. The van der Waals surface area contributed by atoms with Gasteiger partial charge in [-0.05, 0) is 37.4 Å². The summed E-state index contributed by atoms with van der Waals surface area (Å²) in [7, 11) is 1.93. The fourth-order valence-electron chi connectivity index (χ4n) is 3.33. The van der Waals surface area contributed by atoms with Gasteiger partial charge in [-0.15, -0.1) is 0 Å². The standard InChI is InChI=1S/C20H21F6N5O/c1-30-6-8-31(9-7-30)17(16-4-2-3-5-27-16)18(32)29-28-15-11-13(19(21,22)23)10-14(12-15)20(24,25)26/h2-5,10-12,17,28H,6-9H2,1H3,(H,29,32). The number of hydrogen-bond donors (Lipinski definition) is 2.